The molecule has 2 N–H and O–H groups in total. The van der Waals surface area contributed by atoms with Crippen LogP contribution in [0.15, 0.2) is 59.5 Å². The molecule has 6 nitrogen and oxygen atoms in total. The van der Waals surface area contributed by atoms with Gasteiger partial charge in [0.15, 0.2) is 0 Å². The molecule has 2 aromatic rings. The number of carbonyl (C=O) groups is 1. The van der Waals surface area contributed by atoms with E-state index in [9.17, 15) is 13.2 Å². The van der Waals surface area contributed by atoms with Crippen LogP contribution >= 0.6 is 0 Å². The summed E-state index contributed by atoms with van der Waals surface area (Å²) in [5, 5.41) is 2.85. The lowest BCUT2D eigenvalue weighted by molar-refractivity contribution is -0.121. The average Bonchev–Trinajstić information content (AvgIpc) is 2.78. The lowest BCUT2D eigenvalue weighted by atomic mass is 9.94. The topological polar surface area (TPSA) is 78.5 Å². The summed E-state index contributed by atoms with van der Waals surface area (Å²) in [6.45, 7) is 0.492. The molecule has 7 heteroatoms. The number of sulfonamides is 1. The van der Waals surface area contributed by atoms with Crippen molar-refractivity contribution in [2.45, 2.75) is 56.0 Å². The third-order valence-electron chi connectivity index (χ3n) is 5.65. The Hall–Kier alpha value is -2.38. The fourth-order valence-electron chi connectivity index (χ4n) is 3.80. The Balaban J connectivity index is 1.41. The normalized spacial score (nSPS) is 15.0. The van der Waals surface area contributed by atoms with Crippen molar-refractivity contribution in [2.75, 3.05) is 18.5 Å². The molecular weight excluding hydrogens is 398 g/mol. The van der Waals surface area contributed by atoms with E-state index in [-0.39, 0.29) is 23.8 Å². The fraction of sp³-hybridized carbons (Fsp3) is 0.435. The Morgan fingerprint density at radius 3 is 2.33 bits per heavy atom. The molecule has 1 aliphatic rings. The Kier molecular flexibility index (Phi) is 7.87. The molecule has 0 spiro atoms. The number of hydrogen-bond donors (Lipinski definition) is 2. The zero-order chi connectivity index (χ0) is 21.4. The van der Waals surface area contributed by atoms with Gasteiger partial charge in [-0.05, 0) is 42.7 Å². The average molecular weight is 430 g/mol. The first-order valence-electron chi connectivity index (χ1n) is 10.6. The molecule has 0 aromatic heterocycles. The van der Waals surface area contributed by atoms with Crippen molar-refractivity contribution < 1.29 is 13.2 Å². The first-order valence-corrected chi connectivity index (χ1v) is 12.1. The van der Waals surface area contributed by atoms with Crippen LogP contribution in [0.5, 0.6) is 0 Å². The van der Waals surface area contributed by atoms with Crippen LogP contribution in [0.1, 0.15) is 44.1 Å². The maximum absolute atomic E-state index is 12.1. The van der Waals surface area contributed by atoms with Crippen LogP contribution in [0.3, 0.4) is 0 Å². The van der Waals surface area contributed by atoms with Gasteiger partial charge in [-0.15, -0.1) is 0 Å². The van der Waals surface area contributed by atoms with Crippen molar-refractivity contribution in [1.82, 2.24) is 10.0 Å². The molecule has 30 heavy (non-hydrogen) atoms. The van der Waals surface area contributed by atoms with Crippen molar-refractivity contribution in [1.29, 1.82) is 0 Å². The van der Waals surface area contributed by atoms with Gasteiger partial charge in [0.25, 0.3) is 0 Å². The third-order valence-corrected chi connectivity index (χ3v) is 7.13. The SMILES string of the molecule is CN(c1ccc(CNC(=O)CCNS(=O)(=O)c2ccccc2)cc1)C1CCCCC1. The second kappa shape index (κ2) is 10.6. The molecule has 1 saturated carbocycles. The summed E-state index contributed by atoms with van der Waals surface area (Å²) in [4.78, 5) is 14.6. The van der Waals surface area contributed by atoms with E-state index in [1.54, 1.807) is 18.2 Å². The van der Waals surface area contributed by atoms with Crippen molar-refractivity contribution in [3.63, 3.8) is 0 Å². The molecule has 0 bridgehead atoms. The predicted molar refractivity (Wildman–Crippen MR) is 120 cm³/mol. The largest absolute Gasteiger partial charge is 0.372 e. The summed E-state index contributed by atoms with van der Waals surface area (Å²) in [5.41, 5.74) is 2.22. The number of carbonyl (C=O) groups excluding carboxylic acids is 1. The molecule has 1 amide bonds. The molecule has 0 radical (unpaired) electrons. The third kappa shape index (κ3) is 6.31. The Bertz CT molecular complexity index is 908. The van der Waals surface area contributed by atoms with Crippen molar-refractivity contribution >= 4 is 21.6 Å². The van der Waals surface area contributed by atoms with E-state index in [1.165, 1.54) is 49.9 Å². The lowest BCUT2D eigenvalue weighted by Gasteiger charge is -2.33. The quantitative estimate of drug-likeness (QED) is 0.640. The highest BCUT2D eigenvalue weighted by atomic mass is 32.2. The molecule has 0 aliphatic heterocycles. The maximum Gasteiger partial charge on any atom is 0.240 e. The van der Waals surface area contributed by atoms with Crippen LogP contribution in [-0.2, 0) is 21.4 Å². The van der Waals surface area contributed by atoms with E-state index in [0.29, 0.717) is 12.6 Å². The Morgan fingerprint density at radius 2 is 1.67 bits per heavy atom. The van der Waals surface area contributed by atoms with E-state index >= 15 is 0 Å². The standard InChI is InChI=1S/C23H31N3O3S/c1-26(20-8-4-2-5-9-20)21-14-12-19(13-15-21)18-24-23(27)16-17-25-30(28,29)22-10-6-3-7-11-22/h3,6-7,10-15,20,25H,2,4-5,8-9,16-18H2,1H3,(H,24,27). The summed E-state index contributed by atoms with van der Waals surface area (Å²) < 4.78 is 26.8. The van der Waals surface area contributed by atoms with Crippen molar-refractivity contribution in [2.24, 2.45) is 0 Å². The molecule has 0 saturated heterocycles. The van der Waals surface area contributed by atoms with Crippen LogP contribution in [-0.4, -0.2) is 34.0 Å². The van der Waals surface area contributed by atoms with Gasteiger partial charge in [-0.1, -0.05) is 49.6 Å². The molecular formula is C23H31N3O3S. The van der Waals surface area contributed by atoms with Gasteiger partial charge in [0.05, 0.1) is 4.90 Å². The molecule has 0 atom stereocenters. The zero-order valence-electron chi connectivity index (χ0n) is 17.5. The Labute approximate surface area is 179 Å². The fourth-order valence-corrected chi connectivity index (χ4v) is 4.85. The summed E-state index contributed by atoms with van der Waals surface area (Å²) in [6.07, 6.45) is 6.55. The minimum atomic E-state index is -3.58. The van der Waals surface area contributed by atoms with Gasteiger partial charge in [0, 0.05) is 38.3 Å². The van der Waals surface area contributed by atoms with E-state index in [0.717, 1.165) is 5.56 Å². The number of rotatable bonds is 9. The molecule has 2 aromatic carbocycles. The van der Waals surface area contributed by atoms with E-state index in [1.807, 2.05) is 12.1 Å². The van der Waals surface area contributed by atoms with Crippen LogP contribution in [0.2, 0.25) is 0 Å². The van der Waals surface area contributed by atoms with Crippen LogP contribution < -0.4 is 14.9 Å². The molecule has 1 aliphatic carbocycles. The minimum Gasteiger partial charge on any atom is -0.372 e. The molecule has 0 heterocycles. The smallest absolute Gasteiger partial charge is 0.240 e. The van der Waals surface area contributed by atoms with Gasteiger partial charge < -0.3 is 10.2 Å². The van der Waals surface area contributed by atoms with E-state index in [4.69, 9.17) is 0 Å². The second-order valence-corrected chi connectivity index (χ2v) is 9.57. The number of nitrogens with zero attached hydrogens (tertiary/aromatic N) is 1. The second-order valence-electron chi connectivity index (χ2n) is 7.81. The lowest BCUT2D eigenvalue weighted by Crippen LogP contribution is -2.33. The number of benzene rings is 2. The predicted octanol–water partition coefficient (Wildman–Crippen LogP) is 3.44. The first kappa shape index (κ1) is 22.3. The van der Waals surface area contributed by atoms with Crippen LogP contribution in [0, 0.1) is 0 Å². The number of amides is 1. The summed E-state index contributed by atoms with van der Waals surface area (Å²) in [6, 6.07) is 17.0. The first-order chi connectivity index (χ1) is 14.5. The van der Waals surface area contributed by atoms with E-state index in [2.05, 4.69) is 34.1 Å². The number of nitrogens with one attached hydrogen (secondary N) is 2. The Morgan fingerprint density at radius 1 is 1.00 bits per heavy atom. The van der Waals surface area contributed by atoms with Crippen LogP contribution in [0.25, 0.3) is 0 Å². The molecule has 3 rings (SSSR count). The van der Waals surface area contributed by atoms with Gasteiger partial charge >= 0.3 is 0 Å². The summed E-state index contributed by atoms with van der Waals surface area (Å²) in [5.74, 6) is -0.186. The minimum absolute atomic E-state index is 0.0637. The molecule has 0 unspecified atom stereocenters. The monoisotopic (exact) mass is 429 g/mol. The maximum atomic E-state index is 12.1. The van der Waals surface area contributed by atoms with Gasteiger partial charge in [-0.25, -0.2) is 13.1 Å². The highest BCUT2D eigenvalue weighted by Crippen LogP contribution is 2.26. The van der Waals surface area contributed by atoms with E-state index < -0.39 is 10.0 Å². The number of anilines is 1. The number of hydrogen-bond acceptors (Lipinski definition) is 4. The molecule has 1 fully saturated rings. The van der Waals surface area contributed by atoms with Gasteiger partial charge in [-0.3, -0.25) is 4.79 Å². The summed E-state index contributed by atoms with van der Waals surface area (Å²) in [7, 11) is -1.42. The zero-order valence-corrected chi connectivity index (χ0v) is 18.3. The molecule has 162 valence electrons. The van der Waals surface area contributed by atoms with Crippen LogP contribution in [0.4, 0.5) is 5.69 Å². The van der Waals surface area contributed by atoms with Gasteiger partial charge in [0.2, 0.25) is 15.9 Å². The highest BCUT2D eigenvalue weighted by Gasteiger charge is 2.18. The van der Waals surface area contributed by atoms with Gasteiger partial charge in [0.1, 0.15) is 0 Å². The van der Waals surface area contributed by atoms with Gasteiger partial charge in [-0.2, -0.15) is 0 Å². The summed E-state index contributed by atoms with van der Waals surface area (Å²) >= 11 is 0. The van der Waals surface area contributed by atoms with Crippen molar-refractivity contribution in [3.05, 3.63) is 60.2 Å². The highest BCUT2D eigenvalue weighted by molar-refractivity contribution is 7.89. The van der Waals surface area contributed by atoms with Crippen molar-refractivity contribution in [3.8, 4) is 0 Å².